The summed E-state index contributed by atoms with van der Waals surface area (Å²) in [6.45, 7) is 0. The second-order valence-corrected chi connectivity index (χ2v) is 4.84. The largest absolute Gasteiger partial charge is 0.494 e. The van der Waals surface area contributed by atoms with Crippen molar-refractivity contribution < 1.29 is 9.13 Å². The van der Waals surface area contributed by atoms with E-state index in [1.54, 1.807) is 12.1 Å². The first-order valence-corrected chi connectivity index (χ1v) is 6.51. The quantitative estimate of drug-likeness (QED) is 0.826. The predicted octanol–water partition coefficient (Wildman–Crippen LogP) is 3.06. The molecule has 2 rings (SSSR count). The number of benzene rings is 1. The third-order valence-corrected chi connectivity index (χ3v) is 3.32. The van der Waals surface area contributed by atoms with Crippen LogP contribution in [-0.2, 0) is 0 Å². The van der Waals surface area contributed by atoms with E-state index in [1.165, 1.54) is 26.0 Å². The van der Waals surface area contributed by atoms with Crippen LogP contribution < -0.4 is 15.4 Å². The van der Waals surface area contributed by atoms with Crippen LogP contribution in [0.1, 0.15) is 25.7 Å². The number of ether oxygens (including phenoxy) is 1. The summed E-state index contributed by atoms with van der Waals surface area (Å²) >= 11 is 5.23. The monoisotopic (exact) mass is 268 g/mol. The highest BCUT2D eigenvalue weighted by molar-refractivity contribution is 7.80. The highest BCUT2D eigenvalue weighted by Crippen LogP contribution is 2.22. The van der Waals surface area contributed by atoms with Crippen molar-refractivity contribution in [3.05, 3.63) is 24.0 Å². The molecule has 0 heterocycles. The maximum atomic E-state index is 13.2. The van der Waals surface area contributed by atoms with Gasteiger partial charge in [-0.05, 0) is 37.2 Å². The van der Waals surface area contributed by atoms with E-state index >= 15 is 0 Å². The number of rotatable bonds is 3. The number of thiocarbonyl (C=S) groups is 1. The lowest BCUT2D eigenvalue weighted by atomic mass is 10.2. The Balaban J connectivity index is 1.93. The van der Waals surface area contributed by atoms with Crippen LogP contribution in [0, 0.1) is 5.82 Å². The molecule has 1 aromatic carbocycles. The fourth-order valence-electron chi connectivity index (χ4n) is 2.16. The van der Waals surface area contributed by atoms with E-state index in [0.29, 0.717) is 11.2 Å². The highest BCUT2D eigenvalue weighted by Gasteiger charge is 2.15. The van der Waals surface area contributed by atoms with Crippen LogP contribution in [0.4, 0.5) is 10.1 Å². The number of nitrogens with one attached hydrogen (secondary N) is 2. The third-order valence-electron chi connectivity index (χ3n) is 3.10. The Hall–Kier alpha value is -1.36. The van der Waals surface area contributed by atoms with Crippen LogP contribution in [-0.4, -0.2) is 18.3 Å². The zero-order chi connectivity index (χ0) is 13.0. The Bertz CT molecular complexity index is 433. The van der Waals surface area contributed by atoms with Crippen molar-refractivity contribution >= 4 is 23.0 Å². The molecule has 1 saturated carbocycles. The van der Waals surface area contributed by atoms with Gasteiger partial charge in [-0.2, -0.15) is 0 Å². The third kappa shape index (κ3) is 3.32. The van der Waals surface area contributed by atoms with Gasteiger partial charge >= 0.3 is 0 Å². The standard InChI is InChI=1S/C13H17FN2OS/c1-17-12-8-10(6-7-11(12)14)16-13(18)15-9-4-2-3-5-9/h6-9H,2-5H2,1H3,(H2,15,16,18). The molecule has 0 aliphatic heterocycles. The van der Waals surface area contributed by atoms with Crippen LogP contribution >= 0.6 is 12.2 Å². The molecule has 98 valence electrons. The summed E-state index contributed by atoms with van der Waals surface area (Å²) in [5, 5.41) is 6.89. The van der Waals surface area contributed by atoms with E-state index in [2.05, 4.69) is 10.6 Å². The number of anilines is 1. The van der Waals surface area contributed by atoms with E-state index in [0.717, 1.165) is 18.5 Å². The molecule has 0 unspecified atom stereocenters. The summed E-state index contributed by atoms with van der Waals surface area (Å²) < 4.78 is 18.2. The van der Waals surface area contributed by atoms with E-state index < -0.39 is 0 Å². The fourth-order valence-corrected chi connectivity index (χ4v) is 2.44. The molecule has 1 aromatic rings. The molecule has 1 aliphatic rings. The molecule has 0 bridgehead atoms. The first kappa shape index (κ1) is 13.1. The molecule has 1 aliphatic carbocycles. The summed E-state index contributed by atoms with van der Waals surface area (Å²) in [5.74, 6) is -0.165. The molecule has 0 saturated heterocycles. The summed E-state index contributed by atoms with van der Waals surface area (Å²) in [6.07, 6.45) is 4.83. The summed E-state index contributed by atoms with van der Waals surface area (Å²) in [6, 6.07) is 5.06. The van der Waals surface area contributed by atoms with E-state index in [-0.39, 0.29) is 11.6 Å². The summed E-state index contributed by atoms with van der Waals surface area (Å²) in [7, 11) is 1.44. The topological polar surface area (TPSA) is 33.3 Å². The maximum absolute atomic E-state index is 13.2. The summed E-state index contributed by atoms with van der Waals surface area (Å²) in [5.41, 5.74) is 0.726. The maximum Gasteiger partial charge on any atom is 0.170 e. The normalized spacial score (nSPS) is 15.4. The SMILES string of the molecule is COc1cc(NC(=S)NC2CCCC2)ccc1F. The Morgan fingerprint density at radius 3 is 2.78 bits per heavy atom. The van der Waals surface area contributed by atoms with E-state index in [9.17, 15) is 4.39 Å². The number of methoxy groups -OCH3 is 1. The molecule has 0 aromatic heterocycles. The van der Waals surface area contributed by atoms with E-state index in [1.807, 2.05) is 0 Å². The fraction of sp³-hybridized carbons (Fsp3) is 0.462. The molecule has 2 N–H and O–H groups in total. The molecular formula is C13H17FN2OS. The average Bonchev–Trinajstić information content (AvgIpc) is 2.84. The predicted molar refractivity (Wildman–Crippen MR) is 74.6 cm³/mol. The van der Waals surface area contributed by atoms with Crippen molar-refractivity contribution in [2.75, 3.05) is 12.4 Å². The highest BCUT2D eigenvalue weighted by atomic mass is 32.1. The van der Waals surface area contributed by atoms with Gasteiger partial charge in [0.05, 0.1) is 7.11 Å². The Morgan fingerprint density at radius 1 is 1.39 bits per heavy atom. The minimum Gasteiger partial charge on any atom is -0.494 e. The lowest BCUT2D eigenvalue weighted by Crippen LogP contribution is -2.35. The van der Waals surface area contributed by atoms with Gasteiger partial charge in [-0.25, -0.2) is 4.39 Å². The van der Waals surface area contributed by atoms with Crippen LogP contribution in [0.3, 0.4) is 0 Å². The zero-order valence-electron chi connectivity index (χ0n) is 10.3. The van der Waals surface area contributed by atoms with Gasteiger partial charge in [-0.15, -0.1) is 0 Å². The lowest BCUT2D eigenvalue weighted by Gasteiger charge is -2.16. The number of halogens is 1. The van der Waals surface area contributed by atoms with Gasteiger partial charge in [0, 0.05) is 17.8 Å². The van der Waals surface area contributed by atoms with Crippen LogP contribution in [0.2, 0.25) is 0 Å². The molecule has 0 spiro atoms. The van der Waals surface area contributed by atoms with Gasteiger partial charge in [-0.1, -0.05) is 12.8 Å². The Kier molecular flexibility index (Phi) is 4.36. The first-order valence-electron chi connectivity index (χ1n) is 6.10. The molecular weight excluding hydrogens is 251 g/mol. The van der Waals surface area contributed by atoms with Crippen LogP contribution in [0.5, 0.6) is 5.75 Å². The smallest absolute Gasteiger partial charge is 0.170 e. The van der Waals surface area contributed by atoms with Crippen molar-refractivity contribution in [1.82, 2.24) is 5.32 Å². The molecule has 18 heavy (non-hydrogen) atoms. The summed E-state index contributed by atoms with van der Waals surface area (Å²) in [4.78, 5) is 0. The first-order chi connectivity index (χ1) is 8.69. The average molecular weight is 268 g/mol. The van der Waals surface area contributed by atoms with Gasteiger partial charge in [0.15, 0.2) is 16.7 Å². The van der Waals surface area contributed by atoms with Crippen molar-refractivity contribution in [1.29, 1.82) is 0 Å². The minimum absolute atomic E-state index is 0.212. The Morgan fingerprint density at radius 2 is 2.11 bits per heavy atom. The van der Waals surface area contributed by atoms with Crippen LogP contribution in [0.15, 0.2) is 18.2 Å². The number of hydrogen-bond donors (Lipinski definition) is 2. The van der Waals surface area contributed by atoms with Crippen molar-refractivity contribution in [3.63, 3.8) is 0 Å². The molecule has 0 amide bonds. The Labute approximate surface area is 112 Å². The molecule has 3 nitrogen and oxygen atoms in total. The zero-order valence-corrected chi connectivity index (χ0v) is 11.1. The lowest BCUT2D eigenvalue weighted by molar-refractivity contribution is 0.387. The molecule has 5 heteroatoms. The van der Waals surface area contributed by atoms with Gasteiger partial charge < -0.3 is 15.4 Å². The van der Waals surface area contributed by atoms with Crippen LogP contribution in [0.25, 0.3) is 0 Å². The number of hydrogen-bond acceptors (Lipinski definition) is 2. The second kappa shape index (κ2) is 6.00. The van der Waals surface area contributed by atoms with Gasteiger partial charge in [0.2, 0.25) is 0 Å². The van der Waals surface area contributed by atoms with Gasteiger partial charge in [-0.3, -0.25) is 0 Å². The second-order valence-electron chi connectivity index (χ2n) is 4.43. The molecule has 1 fully saturated rings. The molecule has 0 atom stereocenters. The van der Waals surface area contributed by atoms with Gasteiger partial charge in [0.25, 0.3) is 0 Å². The van der Waals surface area contributed by atoms with E-state index in [4.69, 9.17) is 17.0 Å². The van der Waals surface area contributed by atoms with Crippen molar-refractivity contribution in [2.24, 2.45) is 0 Å². The minimum atomic E-state index is -0.377. The van der Waals surface area contributed by atoms with Gasteiger partial charge in [0.1, 0.15) is 0 Å². The molecule has 0 radical (unpaired) electrons. The van der Waals surface area contributed by atoms with Crippen molar-refractivity contribution in [2.45, 2.75) is 31.7 Å². The van der Waals surface area contributed by atoms with Crippen molar-refractivity contribution in [3.8, 4) is 5.75 Å².